The second-order valence-corrected chi connectivity index (χ2v) is 4.70. The van der Waals surface area contributed by atoms with Gasteiger partial charge in [-0.2, -0.15) is 5.10 Å². The normalized spacial score (nSPS) is 10.8. The fourth-order valence-electron chi connectivity index (χ4n) is 1.67. The van der Waals surface area contributed by atoms with Crippen LogP contribution in [0.5, 0.6) is 0 Å². The molecule has 0 aliphatic carbocycles. The van der Waals surface area contributed by atoms with Crippen molar-refractivity contribution in [3.63, 3.8) is 0 Å². The van der Waals surface area contributed by atoms with E-state index in [2.05, 4.69) is 46.2 Å². The van der Waals surface area contributed by atoms with Crippen LogP contribution >= 0.6 is 15.9 Å². The Morgan fingerprint density at radius 1 is 1.31 bits per heavy atom. The second kappa shape index (κ2) is 4.39. The Labute approximate surface area is 103 Å². The van der Waals surface area contributed by atoms with Crippen molar-refractivity contribution in [2.24, 2.45) is 5.73 Å². The number of aryl methyl sites for hydroxylation is 2. The first-order valence-corrected chi connectivity index (χ1v) is 5.93. The monoisotopic (exact) mass is 279 g/mol. The van der Waals surface area contributed by atoms with Crippen molar-refractivity contribution in [2.45, 2.75) is 20.4 Å². The van der Waals surface area contributed by atoms with Gasteiger partial charge in [0.25, 0.3) is 0 Å². The largest absolute Gasteiger partial charge is 0.325 e. The maximum absolute atomic E-state index is 5.58. The molecule has 1 aromatic heterocycles. The lowest BCUT2D eigenvalue weighted by Gasteiger charge is -2.07. The van der Waals surface area contributed by atoms with Gasteiger partial charge in [0.2, 0.25) is 0 Å². The van der Waals surface area contributed by atoms with Crippen molar-refractivity contribution in [3.8, 4) is 5.69 Å². The highest BCUT2D eigenvalue weighted by Crippen LogP contribution is 2.23. The Morgan fingerprint density at radius 3 is 2.62 bits per heavy atom. The molecule has 2 rings (SSSR count). The lowest BCUT2D eigenvalue weighted by atomic mass is 10.2. The molecule has 1 aromatic carbocycles. The molecule has 0 unspecified atom stereocenters. The van der Waals surface area contributed by atoms with Crippen molar-refractivity contribution in [1.29, 1.82) is 0 Å². The van der Waals surface area contributed by atoms with E-state index in [4.69, 9.17) is 5.73 Å². The van der Waals surface area contributed by atoms with Crippen LogP contribution in [0.1, 0.15) is 17.0 Å². The molecule has 2 aromatic rings. The molecule has 0 bridgehead atoms. The Kier molecular flexibility index (Phi) is 3.12. The minimum atomic E-state index is 0.470. The third-order valence-electron chi connectivity index (χ3n) is 2.48. The minimum absolute atomic E-state index is 0.470. The number of nitrogens with two attached hydrogens (primary N) is 1. The molecule has 0 fully saturated rings. The van der Waals surface area contributed by atoms with Gasteiger partial charge in [0.1, 0.15) is 0 Å². The third-order valence-corrected chi connectivity index (χ3v) is 3.11. The molecule has 1 heterocycles. The van der Waals surface area contributed by atoms with Crippen molar-refractivity contribution < 1.29 is 0 Å². The van der Waals surface area contributed by atoms with Crippen LogP contribution in [0.4, 0.5) is 0 Å². The first kappa shape index (κ1) is 11.4. The summed E-state index contributed by atoms with van der Waals surface area (Å²) in [5.74, 6) is 0. The van der Waals surface area contributed by atoms with E-state index in [0.717, 1.165) is 21.5 Å². The summed E-state index contributed by atoms with van der Waals surface area (Å²) in [4.78, 5) is 0. The van der Waals surface area contributed by atoms with E-state index in [-0.39, 0.29) is 0 Å². The average molecular weight is 280 g/mol. The lowest BCUT2D eigenvalue weighted by Crippen LogP contribution is -2.02. The standard InChI is InChI=1S/C12H14BrN3/c1-8-3-4-12(11(13)5-8)16-9(2)6-10(7-14)15-16/h3-6H,7,14H2,1-2H3. The fourth-order valence-corrected chi connectivity index (χ4v) is 2.33. The van der Waals surface area contributed by atoms with Gasteiger partial charge in [-0.15, -0.1) is 0 Å². The maximum Gasteiger partial charge on any atom is 0.0790 e. The second-order valence-electron chi connectivity index (χ2n) is 3.85. The highest BCUT2D eigenvalue weighted by Gasteiger charge is 2.08. The zero-order chi connectivity index (χ0) is 11.7. The Balaban J connectivity index is 2.53. The van der Waals surface area contributed by atoms with Crippen LogP contribution < -0.4 is 5.73 Å². The smallest absolute Gasteiger partial charge is 0.0790 e. The molecule has 4 heteroatoms. The van der Waals surface area contributed by atoms with Crippen LogP contribution in [0, 0.1) is 13.8 Å². The van der Waals surface area contributed by atoms with Gasteiger partial charge in [-0.1, -0.05) is 6.07 Å². The molecule has 0 saturated carbocycles. The quantitative estimate of drug-likeness (QED) is 0.919. The van der Waals surface area contributed by atoms with Crippen molar-refractivity contribution in [2.75, 3.05) is 0 Å². The number of rotatable bonds is 2. The number of halogens is 1. The van der Waals surface area contributed by atoms with E-state index in [1.54, 1.807) is 0 Å². The molecular formula is C12H14BrN3. The van der Waals surface area contributed by atoms with Gasteiger partial charge in [-0.3, -0.25) is 0 Å². The summed E-state index contributed by atoms with van der Waals surface area (Å²) in [5.41, 5.74) is 9.85. The topological polar surface area (TPSA) is 43.8 Å². The van der Waals surface area contributed by atoms with Crippen molar-refractivity contribution >= 4 is 15.9 Å². The van der Waals surface area contributed by atoms with Crippen LogP contribution in [0.3, 0.4) is 0 Å². The SMILES string of the molecule is Cc1ccc(-n2nc(CN)cc2C)c(Br)c1. The molecule has 0 atom stereocenters. The van der Waals surface area contributed by atoms with E-state index in [1.165, 1.54) is 5.56 Å². The van der Waals surface area contributed by atoms with Crippen molar-refractivity contribution in [3.05, 3.63) is 45.7 Å². The van der Waals surface area contributed by atoms with Gasteiger partial charge < -0.3 is 5.73 Å². The van der Waals surface area contributed by atoms with Gasteiger partial charge in [-0.25, -0.2) is 4.68 Å². The van der Waals surface area contributed by atoms with Crippen LogP contribution in [-0.2, 0) is 6.54 Å². The molecule has 0 aliphatic heterocycles. The van der Waals surface area contributed by atoms with Crippen LogP contribution in [-0.4, -0.2) is 9.78 Å². The molecular weight excluding hydrogens is 266 g/mol. The predicted molar refractivity (Wildman–Crippen MR) is 68.6 cm³/mol. The van der Waals surface area contributed by atoms with E-state index >= 15 is 0 Å². The maximum atomic E-state index is 5.58. The average Bonchev–Trinajstić information content (AvgIpc) is 2.60. The van der Waals surface area contributed by atoms with Crippen LogP contribution in [0.25, 0.3) is 5.69 Å². The van der Waals surface area contributed by atoms with Gasteiger partial charge >= 0.3 is 0 Å². The lowest BCUT2D eigenvalue weighted by molar-refractivity contribution is 0.809. The van der Waals surface area contributed by atoms with Gasteiger partial charge in [0.05, 0.1) is 11.4 Å². The third kappa shape index (κ3) is 2.03. The molecule has 0 aliphatic rings. The number of hydrogen-bond donors (Lipinski definition) is 1. The first-order chi connectivity index (χ1) is 7.61. The zero-order valence-electron chi connectivity index (χ0n) is 9.37. The summed E-state index contributed by atoms with van der Waals surface area (Å²) >= 11 is 3.56. The van der Waals surface area contributed by atoms with Gasteiger partial charge in [-0.05, 0) is 53.5 Å². The number of aromatic nitrogens is 2. The molecule has 16 heavy (non-hydrogen) atoms. The molecule has 2 N–H and O–H groups in total. The van der Waals surface area contributed by atoms with Gasteiger partial charge in [0, 0.05) is 16.7 Å². The summed E-state index contributed by atoms with van der Waals surface area (Å²) in [6.07, 6.45) is 0. The van der Waals surface area contributed by atoms with E-state index in [9.17, 15) is 0 Å². The molecule has 0 radical (unpaired) electrons. The summed E-state index contributed by atoms with van der Waals surface area (Å²) in [5, 5.41) is 4.45. The van der Waals surface area contributed by atoms with Crippen molar-refractivity contribution in [1.82, 2.24) is 9.78 Å². The van der Waals surface area contributed by atoms with E-state index in [1.807, 2.05) is 17.7 Å². The number of benzene rings is 1. The summed E-state index contributed by atoms with van der Waals surface area (Å²) in [6, 6.07) is 8.22. The Morgan fingerprint density at radius 2 is 2.06 bits per heavy atom. The molecule has 0 amide bonds. The molecule has 0 saturated heterocycles. The number of hydrogen-bond acceptors (Lipinski definition) is 2. The minimum Gasteiger partial charge on any atom is -0.325 e. The molecule has 0 spiro atoms. The zero-order valence-corrected chi connectivity index (χ0v) is 11.0. The van der Waals surface area contributed by atoms with E-state index in [0.29, 0.717) is 6.54 Å². The summed E-state index contributed by atoms with van der Waals surface area (Å²) in [7, 11) is 0. The Hall–Kier alpha value is -1.13. The molecule has 3 nitrogen and oxygen atoms in total. The summed E-state index contributed by atoms with van der Waals surface area (Å²) in [6.45, 7) is 4.56. The Bertz CT molecular complexity index is 517. The van der Waals surface area contributed by atoms with E-state index < -0.39 is 0 Å². The first-order valence-electron chi connectivity index (χ1n) is 5.14. The van der Waals surface area contributed by atoms with Crippen LogP contribution in [0.2, 0.25) is 0 Å². The molecule has 84 valence electrons. The van der Waals surface area contributed by atoms with Gasteiger partial charge in [0.15, 0.2) is 0 Å². The van der Waals surface area contributed by atoms with Crippen LogP contribution in [0.15, 0.2) is 28.7 Å². The highest BCUT2D eigenvalue weighted by molar-refractivity contribution is 9.10. The summed E-state index contributed by atoms with van der Waals surface area (Å²) < 4.78 is 2.95. The predicted octanol–water partition coefficient (Wildman–Crippen LogP) is 2.71. The number of nitrogens with zero attached hydrogens (tertiary/aromatic N) is 2. The highest BCUT2D eigenvalue weighted by atomic mass is 79.9. The fraction of sp³-hybridized carbons (Fsp3) is 0.250.